The van der Waals surface area contributed by atoms with Crippen molar-refractivity contribution < 1.29 is 18.7 Å². The minimum absolute atomic E-state index is 0.173. The van der Waals surface area contributed by atoms with Crippen molar-refractivity contribution in [1.29, 1.82) is 0 Å². The van der Waals surface area contributed by atoms with Gasteiger partial charge in [-0.3, -0.25) is 10.1 Å². The van der Waals surface area contributed by atoms with Crippen molar-refractivity contribution >= 4 is 61.4 Å². The van der Waals surface area contributed by atoms with E-state index >= 15 is 0 Å². The molecule has 25 heavy (non-hydrogen) atoms. The maximum absolute atomic E-state index is 13.3. The van der Waals surface area contributed by atoms with E-state index in [-0.39, 0.29) is 27.3 Å². The van der Waals surface area contributed by atoms with Gasteiger partial charge in [-0.25, -0.2) is 14.2 Å². The van der Waals surface area contributed by atoms with E-state index in [1.54, 1.807) is 13.8 Å². The quantitative estimate of drug-likeness (QED) is 0.635. The number of nitrogens with one attached hydrogen (secondary N) is 1. The molecule has 1 N–H and O–H groups in total. The first-order chi connectivity index (χ1) is 11.9. The Hall–Kier alpha value is -2.03. The summed E-state index contributed by atoms with van der Waals surface area (Å²) in [6.45, 7) is 3.66. The normalized spacial score (nSPS) is 10.9. The molecule has 0 fully saturated rings. The van der Waals surface area contributed by atoms with E-state index in [0.29, 0.717) is 15.0 Å². The Labute approximate surface area is 155 Å². The first kappa shape index (κ1) is 17.8. The van der Waals surface area contributed by atoms with Gasteiger partial charge in [0.05, 0.1) is 11.6 Å². The lowest BCUT2D eigenvalue weighted by molar-refractivity contribution is 0.0519. The third-order valence-electron chi connectivity index (χ3n) is 3.28. The predicted molar refractivity (Wildman–Crippen MR) is 97.6 cm³/mol. The number of anilines is 1. The van der Waals surface area contributed by atoms with Gasteiger partial charge < -0.3 is 4.74 Å². The molecule has 3 aromatic rings. The van der Waals surface area contributed by atoms with Crippen LogP contribution in [0.5, 0.6) is 0 Å². The highest BCUT2D eigenvalue weighted by molar-refractivity contribution is 7.22. The standard InChI is InChI=1S/C16H12ClFN2O3S2/c1-3-23-15(22)12-7(2)24-16(19-12)20-14(21)13-11(17)9-5-4-8(18)6-10(9)25-13/h4-6H,3H2,1-2H3,(H,19,20,21). The van der Waals surface area contributed by atoms with E-state index < -0.39 is 17.7 Å². The van der Waals surface area contributed by atoms with Crippen molar-refractivity contribution in [3.8, 4) is 0 Å². The van der Waals surface area contributed by atoms with Crippen LogP contribution in [0.4, 0.5) is 9.52 Å². The predicted octanol–water partition coefficient (Wildman–Crippen LogP) is 4.89. The van der Waals surface area contributed by atoms with Crippen LogP contribution in [-0.4, -0.2) is 23.5 Å². The molecule has 0 radical (unpaired) electrons. The van der Waals surface area contributed by atoms with Crippen LogP contribution in [0.15, 0.2) is 18.2 Å². The molecule has 0 saturated heterocycles. The monoisotopic (exact) mass is 398 g/mol. The van der Waals surface area contributed by atoms with Crippen molar-refractivity contribution in [3.63, 3.8) is 0 Å². The van der Waals surface area contributed by atoms with Gasteiger partial charge in [0.25, 0.3) is 5.91 Å². The molecule has 0 bridgehead atoms. The fourth-order valence-corrected chi connectivity index (χ4v) is 4.41. The summed E-state index contributed by atoms with van der Waals surface area (Å²) in [6, 6.07) is 4.15. The summed E-state index contributed by atoms with van der Waals surface area (Å²) in [4.78, 5) is 29.3. The summed E-state index contributed by atoms with van der Waals surface area (Å²) in [5.41, 5.74) is 0.173. The van der Waals surface area contributed by atoms with E-state index in [4.69, 9.17) is 16.3 Å². The average molecular weight is 399 g/mol. The third-order valence-corrected chi connectivity index (χ3v) is 5.83. The van der Waals surface area contributed by atoms with Crippen LogP contribution in [0.1, 0.15) is 32.0 Å². The van der Waals surface area contributed by atoms with Crippen LogP contribution >= 0.6 is 34.3 Å². The van der Waals surface area contributed by atoms with Crippen LogP contribution in [0, 0.1) is 12.7 Å². The molecule has 1 amide bonds. The number of hydrogen-bond donors (Lipinski definition) is 1. The molecule has 9 heteroatoms. The van der Waals surface area contributed by atoms with E-state index in [2.05, 4.69) is 10.3 Å². The van der Waals surface area contributed by atoms with Gasteiger partial charge in [0.1, 0.15) is 10.7 Å². The van der Waals surface area contributed by atoms with E-state index in [9.17, 15) is 14.0 Å². The van der Waals surface area contributed by atoms with Gasteiger partial charge in [0, 0.05) is 15.0 Å². The lowest BCUT2D eigenvalue weighted by Gasteiger charge is -1.99. The number of benzene rings is 1. The molecule has 0 spiro atoms. The van der Waals surface area contributed by atoms with Gasteiger partial charge in [-0.05, 0) is 32.0 Å². The maximum Gasteiger partial charge on any atom is 0.358 e. The molecule has 0 aliphatic heterocycles. The molecule has 1 aromatic carbocycles. The molecule has 0 saturated carbocycles. The zero-order chi connectivity index (χ0) is 18.1. The molecule has 0 unspecified atom stereocenters. The molecule has 2 aromatic heterocycles. The lowest BCUT2D eigenvalue weighted by atomic mass is 10.2. The summed E-state index contributed by atoms with van der Waals surface area (Å²) < 4.78 is 18.8. The smallest absolute Gasteiger partial charge is 0.358 e. The summed E-state index contributed by atoms with van der Waals surface area (Å²) in [7, 11) is 0. The van der Waals surface area contributed by atoms with Gasteiger partial charge in [-0.15, -0.1) is 22.7 Å². The molecular weight excluding hydrogens is 387 g/mol. The zero-order valence-electron chi connectivity index (χ0n) is 13.2. The highest BCUT2D eigenvalue weighted by atomic mass is 35.5. The summed E-state index contributed by atoms with van der Waals surface area (Å²) in [6.07, 6.45) is 0. The summed E-state index contributed by atoms with van der Waals surface area (Å²) in [5.74, 6) is -1.39. The average Bonchev–Trinajstić information content (AvgIpc) is 3.07. The Bertz CT molecular complexity index is 983. The Kier molecular flexibility index (Phi) is 5.03. The number of fused-ring (bicyclic) bond motifs is 1. The fourth-order valence-electron chi connectivity index (χ4n) is 2.18. The van der Waals surface area contributed by atoms with Crippen LogP contribution in [0.25, 0.3) is 10.1 Å². The topological polar surface area (TPSA) is 68.3 Å². The number of halogens is 2. The largest absolute Gasteiger partial charge is 0.461 e. The number of ether oxygens (including phenoxy) is 1. The molecule has 0 aliphatic carbocycles. The van der Waals surface area contributed by atoms with Crippen molar-refractivity contribution in [1.82, 2.24) is 4.98 Å². The number of aryl methyl sites for hydroxylation is 1. The number of hydrogen-bond acceptors (Lipinski definition) is 6. The minimum Gasteiger partial charge on any atom is -0.461 e. The van der Waals surface area contributed by atoms with E-state index in [0.717, 1.165) is 22.7 Å². The number of rotatable bonds is 4. The van der Waals surface area contributed by atoms with Crippen molar-refractivity contribution in [2.75, 3.05) is 11.9 Å². The van der Waals surface area contributed by atoms with Gasteiger partial charge in [-0.2, -0.15) is 0 Å². The zero-order valence-corrected chi connectivity index (χ0v) is 15.6. The molecule has 130 valence electrons. The Morgan fingerprint density at radius 3 is 2.84 bits per heavy atom. The van der Waals surface area contributed by atoms with Crippen molar-refractivity contribution in [2.45, 2.75) is 13.8 Å². The van der Waals surface area contributed by atoms with Gasteiger partial charge >= 0.3 is 5.97 Å². The number of carbonyl (C=O) groups excluding carboxylic acids is 2. The molecule has 0 atom stereocenters. The van der Waals surface area contributed by atoms with Crippen LogP contribution in [0.3, 0.4) is 0 Å². The Balaban J connectivity index is 1.87. The Morgan fingerprint density at radius 1 is 1.36 bits per heavy atom. The SMILES string of the molecule is CCOC(=O)c1nc(NC(=O)c2sc3cc(F)ccc3c2Cl)sc1C. The summed E-state index contributed by atoms with van der Waals surface area (Å²) >= 11 is 8.49. The number of esters is 1. The maximum atomic E-state index is 13.3. The first-order valence-corrected chi connectivity index (χ1v) is 9.25. The lowest BCUT2D eigenvalue weighted by Crippen LogP contribution is -2.11. The number of aromatic nitrogens is 1. The molecule has 5 nitrogen and oxygen atoms in total. The molecular formula is C16H12ClFN2O3S2. The molecule has 0 aliphatic rings. The highest BCUT2D eigenvalue weighted by Gasteiger charge is 2.21. The minimum atomic E-state index is -0.535. The van der Waals surface area contributed by atoms with Crippen LogP contribution in [0.2, 0.25) is 5.02 Å². The number of carbonyl (C=O) groups is 2. The third kappa shape index (κ3) is 3.51. The number of nitrogens with zero attached hydrogens (tertiary/aromatic N) is 1. The number of thiazole rings is 1. The van der Waals surface area contributed by atoms with E-state index in [1.807, 2.05) is 0 Å². The van der Waals surface area contributed by atoms with Gasteiger partial charge in [-0.1, -0.05) is 11.6 Å². The number of thiophene rings is 1. The van der Waals surface area contributed by atoms with E-state index in [1.165, 1.54) is 18.2 Å². The Morgan fingerprint density at radius 2 is 2.12 bits per heavy atom. The van der Waals surface area contributed by atoms with Gasteiger partial charge in [0.2, 0.25) is 0 Å². The number of amides is 1. The second-order valence-electron chi connectivity index (χ2n) is 4.98. The van der Waals surface area contributed by atoms with Crippen LogP contribution in [-0.2, 0) is 4.74 Å². The second-order valence-corrected chi connectivity index (χ2v) is 7.62. The molecule has 2 heterocycles. The van der Waals surface area contributed by atoms with Crippen molar-refractivity contribution in [3.05, 3.63) is 44.5 Å². The van der Waals surface area contributed by atoms with Gasteiger partial charge in [0.15, 0.2) is 10.8 Å². The molecule has 3 rings (SSSR count). The highest BCUT2D eigenvalue weighted by Crippen LogP contribution is 2.36. The first-order valence-electron chi connectivity index (χ1n) is 7.24. The second kappa shape index (κ2) is 7.07. The summed E-state index contributed by atoms with van der Waals surface area (Å²) in [5, 5.41) is 3.77. The van der Waals surface area contributed by atoms with Crippen molar-refractivity contribution in [2.24, 2.45) is 0 Å². The van der Waals surface area contributed by atoms with Crippen LogP contribution < -0.4 is 5.32 Å². The fraction of sp³-hybridized carbons (Fsp3) is 0.188.